The molecule has 6 nitrogen and oxygen atoms in total. The van der Waals surface area contributed by atoms with Gasteiger partial charge in [-0.05, 0) is 270 Å². The SMILES string of the molecule is c1ccc(-c2ccc(N(c3ccc(-c4ccccc4)cc3)c3ccc4c(c3)c3ccccc3n4-c3ccc(-c4ccccc4)cc3)cc2)cc1.c1ccc(-c2ccc(N(c3ccc(-c4ccccc4)cc3)c3ccc4c5ccccc5n(-c5ccc(-c6ccccc6)cc5)c4c3)cc2)cc1.c1ccc(-c2ccc(N(c3ccc(-c4ccccc4)cc3)c3cccc4c3c3ccccc3n4-c3ccc(-c4ccccc4)cc3)cc2)cc1. The molecule has 0 amide bonds. The Morgan fingerprint density at radius 2 is 0.300 bits per heavy atom. The number of anilines is 9. The monoisotopic (exact) mass is 1910 g/mol. The Kier molecular flexibility index (Phi) is 25.2. The molecule has 3 aromatic heterocycles. The molecular weight excluding hydrogens is 1810 g/mol. The summed E-state index contributed by atoms with van der Waals surface area (Å²) in [5.41, 5.74) is 42.2. The lowest BCUT2D eigenvalue weighted by Gasteiger charge is -2.27. The van der Waals surface area contributed by atoms with Gasteiger partial charge in [-0.1, -0.05) is 449 Å². The summed E-state index contributed by atoms with van der Waals surface area (Å²) in [5, 5.41) is 7.36. The van der Waals surface area contributed by atoms with Crippen molar-refractivity contribution in [3.05, 3.63) is 619 Å². The van der Waals surface area contributed by atoms with E-state index in [2.05, 4.69) is 647 Å². The summed E-state index contributed by atoms with van der Waals surface area (Å²) >= 11 is 0. The van der Waals surface area contributed by atoms with E-state index in [1.165, 1.54) is 166 Å². The number of nitrogens with zero attached hydrogens (tertiary/aromatic N) is 6. The molecule has 0 saturated carbocycles. The lowest BCUT2D eigenvalue weighted by Crippen LogP contribution is -2.10. The Bertz CT molecular complexity index is 9000. The molecule has 3 heterocycles. The van der Waals surface area contributed by atoms with Crippen LogP contribution in [0.3, 0.4) is 0 Å². The van der Waals surface area contributed by atoms with E-state index in [1.807, 2.05) is 0 Å². The number of aromatic nitrogens is 3. The zero-order valence-corrected chi connectivity index (χ0v) is 82.6. The fourth-order valence-electron chi connectivity index (χ4n) is 21.4. The molecule has 0 unspecified atom stereocenters. The van der Waals surface area contributed by atoms with Crippen molar-refractivity contribution in [2.45, 2.75) is 0 Å². The predicted molar refractivity (Wildman–Crippen MR) is 635 cm³/mol. The highest BCUT2D eigenvalue weighted by molar-refractivity contribution is 6.17. The topological polar surface area (TPSA) is 24.5 Å². The third-order valence-corrected chi connectivity index (χ3v) is 28.8. The Hall–Kier alpha value is -19.9. The van der Waals surface area contributed by atoms with E-state index >= 15 is 0 Å². The van der Waals surface area contributed by atoms with Gasteiger partial charge in [0.15, 0.2) is 0 Å². The molecule has 0 N–H and O–H groups in total. The lowest BCUT2D eigenvalue weighted by atomic mass is 10.0. The van der Waals surface area contributed by atoms with Gasteiger partial charge in [-0.3, -0.25) is 0 Å². The predicted octanol–water partition coefficient (Wildman–Crippen LogP) is 39.8. The zero-order chi connectivity index (χ0) is 99.8. The summed E-state index contributed by atoms with van der Waals surface area (Å²) < 4.78 is 7.19. The van der Waals surface area contributed by atoms with Gasteiger partial charge in [-0.25, -0.2) is 0 Å². The number of benzene rings is 24. The van der Waals surface area contributed by atoms with Gasteiger partial charge < -0.3 is 28.4 Å². The van der Waals surface area contributed by atoms with Crippen LogP contribution in [-0.4, -0.2) is 13.7 Å². The Morgan fingerprint density at radius 3 is 0.600 bits per heavy atom. The highest BCUT2D eigenvalue weighted by Gasteiger charge is 2.26. The summed E-state index contributed by atoms with van der Waals surface area (Å²) in [6.07, 6.45) is 0. The van der Waals surface area contributed by atoms with Gasteiger partial charge in [0.1, 0.15) is 0 Å². The van der Waals surface area contributed by atoms with Gasteiger partial charge in [0.2, 0.25) is 0 Å². The van der Waals surface area contributed by atoms with E-state index in [9.17, 15) is 0 Å². The van der Waals surface area contributed by atoms with Gasteiger partial charge in [0.25, 0.3) is 0 Å². The summed E-state index contributed by atoms with van der Waals surface area (Å²) in [6, 6.07) is 222. The van der Waals surface area contributed by atoms with Gasteiger partial charge >= 0.3 is 0 Å². The van der Waals surface area contributed by atoms with E-state index in [1.54, 1.807) is 0 Å². The van der Waals surface area contributed by atoms with Gasteiger partial charge in [-0.15, -0.1) is 0 Å². The molecule has 0 aliphatic heterocycles. The van der Waals surface area contributed by atoms with Gasteiger partial charge in [-0.2, -0.15) is 0 Å². The molecule has 150 heavy (non-hydrogen) atoms. The number of para-hydroxylation sites is 3. The highest BCUT2D eigenvalue weighted by Crippen LogP contribution is 2.49. The number of rotatable bonds is 21. The molecule has 6 heteroatoms. The third kappa shape index (κ3) is 18.4. The fraction of sp³-hybridized carbons (Fsp3) is 0. The van der Waals surface area contributed by atoms with Crippen LogP contribution in [0.15, 0.2) is 619 Å². The maximum absolute atomic E-state index is 2.40. The van der Waals surface area contributed by atoms with Crippen molar-refractivity contribution in [3.63, 3.8) is 0 Å². The second kappa shape index (κ2) is 41.4. The van der Waals surface area contributed by atoms with E-state index in [0.29, 0.717) is 0 Å². The maximum Gasteiger partial charge on any atom is 0.0562 e. The van der Waals surface area contributed by atoms with E-state index < -0.39 is 0 Å². The highest BCUT2D eigenvalue weighted by atomic mass is 15.2. The van der Waals surface area contributed by atoms with Crippen molar-refractivity contribution in [2.75, 3.05) is 14.7 Å². The standard InChI is InChI=1S/3C48H34N2/c1-4-13-35(14-5-1)38-23-29-41(30-24-38)49(42-31-25-39(26-32-42)36-15-6-2-7-16-36)46-21-12-22-47-48(46)44-19-10-11-20-45(44)50(47)43-33-27-40(28-34-43)37-17-8-3-9-18-37;1-4-12-35(13-5-1)38-20-26-41(27-21-38)49(42-28-22-39(23-29-42)36-14-6-2-7-15-36)44-32-33-48-46(34-44)45-18-10-11-19-47(45)50(48)43-30-24-40(25-31-43)37-16-8-3-9-17-37;1-4-12-35(13-5-1)38-20-26-41(27-21-38)49(42-28-22-39(23-29-42)36-14-6-2-7-15-36)44-32-33-46-45-18-10-11-19-47(45)50(48(46)34-44)43-30-24-40(25-31-43)37-16-8-3-9-17-37/h3*1-34H. The minimum absolute atomic E-state index is 1.10. The molecule has 27 aromatic rings. The first-order valence-corrected chi connectivity index (χ1v) is 51.3. The van der Waals surface area contributed by atoms with Crippen LogP contribution >= 0.6 is 0 Å². The number of fused-ring (bicyclic) bond motifs is 9. The van der Waals surface area contributed by atoms with Crippen LogP contribution in [0.25, 0.3) is 183 Å². The Morgan fingerprint density at radius 1 is 0.107 bits per heavy atom. The first-order valence-electron chi connectivity index (χ1n) is 51.3. The van der Waals surface area contributed by atoms with Crippen molar-refractivity contribution in [2.24, 2.45) is 0 Å². The summed E-state index contributed by atoms with van der Waals surface area (Å²) in [6.45, 7) is 0. The van der Waals surface area contributed by atoms with Crippen LogP contribution in [-0.2, 0) is 0 Å². The van der Waals surface area contributed by atoms with Crippen LogP contribution in [0.1, 0.15) is 0 Å². The molecule has 0 spiro atoms. The lowest BCUT2D eigenvalue weighted by molar-refractivity contribution is 1.18. The molecule has 0 radical (unpaired) electrons. The van der Waals surface area contributed by atoms with Crippen LogP contribution in [0.4, 0.5) is 51.2 Å². The maximum atomic E-state index is 2.40. The second-order valence-corrected chi connectivity index (χ2v) is 37.9. The fourth-order valence-corrected chi connectivity index (χ4v) is 21.4. The number of hydrogen-bond acceptors (Lipinski definition) is 3. The van der Waals surface area contributed by atoms with E-state index in [0.717, 1.165) is 68.2 Å². The minimum atomic E-state index is 1.10. The third-order valence-electron chi connectivity index (χ3n) is 28.8. The molecule has 0 aliphatic rings. The second-order valence-electron chi connectivity index (χ2n) is 37.9. The normalized spacial score (nSPS) is 11.2. The van der Waals surface area contributed by atoms with Crippen molar-refractivity contribution in [1.29, 1.82) is 0 Å². The van der Waals surface area contributed by atoms with Gasteiger partial charge in [0.05, 0.1) is 38.8 Å². The van der Waals surface area contributed by atoms with Crippen LogP contribution in [0.5, 0.6) is 0 Å². The minimum Gasteiger partial charge on any atom is -0.310 e. The molecule has 0 atom stereocenters. The molecular formula is C144H102N6. The number of hydrogen-bond donors (Lipinski definition) is 0. The molecule has 0 aliphatic carbocycles. The van der Waals surface area contributed by atoms with Crippen LogP contribution in [0.2, 0.25) is 0 Å². The van der Waals surface area contributed by atoms with E-state index in [4.69, 9.17) is 0 Å². The molecule has 24 aromatic carbocycles. The molecule has 0 fully saturated rings. The first kappa shape index (κ1) is 91.3. The van der Waals surface area contributed by atoms with Crippen molar-refractivity contribution >= 4 is 117 Å². The quantitative estimate of drug-likeness (QED) is 0.0717. The summed E-state index contributed by atoms with van der Waals surface area (Å²) in [5.74, 6) is 0. The Balaban J connectivity index is 0.000000116. The van der Waals surface area contributed by atoms with Crippen molar-refractivity contribution in [1.82, 2.24) is 13.7 Å². The van der Waals surface area contributed by atoms with Crippen molar-refractivity contribution in [3.8, 4) is 117 Å². The van der Waals surface area contributed by atoms with Crippen LogP contribution < -0.4 is 14.7 Å². The molecule has 27 rings (SSSR count). The van der Waals surface area contributed by atoms with Crippen LogP contribution in [0, 0.1) is 0 Å². The average molecular weight is 1920 g/mol. The average Bonchev–Trinajstić information content (AvgIpc) is 1.55. The largest absolute Gasteiger partial charge is 0.310 e. The van der Waals surface area contributed by atoms with Gasteiger partial charge in [0, 0.05) is 94.9 Å². The first-order chi connectivity index (χ1) is 74.4. The zero-order valence-electron chi connectivity index (χ0n) is 82.6. The summed E-state index contributed by atoms with van der Waals surface area (Å²) in [4.78, 5) is 7.13. The smallest absolute Gasteiger partial charge is 0.0562 e. The molecule has 0 saturated heterocycles. The summed E-state index contributed by atoms with van der Waals surface area (Å²) in [7, 11) is 0. The Labute approximate surface area is 874 Å². The molecule has 708 valence electrons. The van der Waals surface area contributed by atoms with Crippen molar-refractivity contribution < 1.29 is 0 Å². The van der Waals surface area contributed by atoms with E-state index in [-0.39, 0.29) is 0 Å². The molecule has 0 bridgehead atoms.